The molecule has 7 heteroatoms. The van der Waals surface area contributed by atoms with Gasteiger partial charge in [0, 0.05) is 15.5 Å². The third-order valence-electron chi connectivity index (χ3n) is 3.52. The minimum absolute atomic E-state index is 0.281. The molecule has 1 aromatic rings. The Kier molecular flexibility index (Phi) is 5.64. The van der Waals surface area contributed by atoms with Crippen molar-refractivity contribution in [2.24, 2.45) is 5.92 Å². The van der Waals surface area contributed by atoms with E-state index in [-0.39, 0.29) is 4.90 Å². The largest absolute Gasteiger partial charge is 0.317 e. The van der Waals surface area contributed by atoms with Crippen molar-refractivity contribution in [3.05, 3.63) is 26.6 Å². The fourth-order valence-corrected chi connectivity index (χ4v) is 5.02. The van der Waals surface area contributed by atoms with E-state index < -0.39 is 10.0 Å². The lowest BCUT2D eigenvalue weighted by molar-refractivity contribution is 0.372. The van der Waals surface area contributed by atoms with E-state index in [2.05, 4.69) is 41.9 Å². The second-order valence-electron chi connectivity index (χ2n) is 5.08. The zero-order valence-electron chi connectivity index (χ0n) is 11.2. The predicted molar refractivity (Wildman–Crippen MR) is 87.4 cm³/mol. The van der Waals surface area contributed by atoms with Crippen LogP contribution in [0.2, 0.25) is 0 Å². The summed E-state index contributed by atoms with van der Waals surface area (Å²) in [6, 6.07) is 3.45. The average Bonchev–Trinajstić information content (AvgIpc) is 2.42. The van der Waals surface area contributed by atoms with Gasteiger partial charge in [-0.2, -0.15) is 0 Å². The van der Waals surface area contributed by atoms with E-state index in [1.54, 1.807) is 6.07 Å². The van der Waals surface area contributed by atoms with Crippen molar-refractivity contribution in [3.8, 4) is 0 Å². The van der Waals surface area contributed by atoms with Gasteiger partial charge in [0.25, 0.3) is 0 Å². The predicted octanol–water partition coefficient (Wildman–Crippen LogP) is 2.80. The zero-order valence-corrected chi connectivity index (χ0v) is 15.2. The van der Waals surface area contributed by atoms with Gasteiger partial charge in [0.05, 0.1) is 4.90 Å². The van der Waals surface area contributed by atoms with Crippen LogP contribution in [0.15, 0.2) is 26.0 Å². The van der Waals surface area contributed by atoms with Crippen LogP contribution in [0.4, 0.5) is 0 Å². The van der Waals surface area contributed by atoms with Crippen molar-refractivity contribution in [2.45, 2.75) is 24.7 Å². The molecule has 20 heavy (non-hydrogen) atoms. The second kappa shape index (κ2) is 6.87. The molecule has 0 aliphatic carbocycles. The summed E-state index contributed by atoms with van der Waals surface area (Å²) in [6.07, 6.45) is 2.03. The minimum Gasteiger partial charge on any atom is -0.317 e. The summed E-state index contributed by atoms with van der Waals surface area (Å²) >= 11 is 6.71. The van der Waals surface area contributed by atoms with Crippen LogP contribution in [0.25, 0.3) is 0 Å². The molecule has 0 bridgehead atoms. The Bertz CT molecular complexity index is 584. The smallest absolute Gasteiger partial charge is 0.241 e. The summed E-state index contributed by atoms with van der Waals surface area (Å²) in [5.74, 6) is 0.415. The summed E-state index contributed by atoms with van der Waals surface area (Å²) < 4.78 is 28.9. The normalized spacial score (nSPS) is 17.4. The molecule has 0 saturated carbocycles. The van der Waals surface area contributed by atoms with Crippen molar-refractivity contribution in [1.29, 1.82) is 0 Å². The maximum absolute atomic E-state index is 12.4. The van der Waals surface area contributed by atoms with Gasteiger partial charge in [-0.3, -0.25) is 0 Å². The highest BCUT2D eigenvalue weighted by Gasteiger charge is 2.21. The first-order valence-electron chi connectivity index (χ1n) is 6.56. The van der Waals surface area contributed by atoms with Gasteiger partial charge in [-0.15, -0.1) is 0 Å². The lowest BCUT2D eigenvalue weighted by atomic mass is 9.99. The average molecular weight is 426 g/mol. The fourth-order valence-electron chi connectivity index (χ4n) is 2.23. The molecule has 2 N–H and O–H groups in total. The number of hydrogen-bond acceptors (Lipinski definition) is 3. The zero-order chi connectivity index (χ0) is 14.8. The maximum atomic E-state index is 12.4. The summed E-state index contributed by atoms with van der Waals surface area (Å²) in [5.41, 5.74) is 0.995. The number of sulfonamides is 1. The molecule has 1 saturated heterocycles. The van der Waals surface area contributed by atoms with E-state index in [0.717, 1.165) is 36.0 Å². The molecule has 4 nitrogen and oxygen atoms in total. The first-order chi connectivity index (χ1) is 9.40. The SMILES string of the molecule is Cc1cc(Br)c(S(=O)(=O)NCC2CCNCC2)cc1Br. The van der Waals surface area contributed by atoms with E-state index in [1.165, 1.54) is 0 Å². The highest BCUT2D eigenvalue weighted by molar-refractivity contribution is 9.11. The van der Waals surface area contributed by atoms with Crippen molar-refractivity contribution in [3.63, 3.8) is 0 Å². The standard InChI is InChI=1S/C13H18Br2N2O2S/c1-9-6-12(15)13(7-11(9)14)20(18,19)17-8-10-2-4-16-5-3-10/h6-7,10,16-17H,2-5,8H2,1H3. The lowest BCUT2D eigenvalue weighted by Crippen LogP contribution is -2.36. The van der Waals surface area contributed by atoms with Gasteiger partial charge in [-0.1, -0.05) is 15.9 Å². The number of halogens is 2. The number of rotatable bonds is 4. The Balaban J connectivity index is 2.11. The molecule has 0 spiro atoms. The van der Waals surface area contributed by atoms with E-state index in [4.69, 9.17) is 0 Å². The van der Waals surface area contributed by atoms with Gasteiger partial charge in [0.2, 0.25) is 10.0 Å². The van der Waals surface area contributed by atoms with Gasteiger partial charge in [0.15, 0.2) is 0 Å². The number of nitrogens with one attached hydrogen (secondary N) is 2. The number of hydrogen-bond donors (Lipinski definition) is 2. The van der Waals surface area contributed by atoms with E-state index in [0.29, 0.717) is 16.9 Å². The Labute approximate surface area is 137 Å². The van der Waals surface area contributed by atoms with Gasteiger partial charge >= 0.3 is 0 Å². The van der Waals surface area contributed by atoms with Crippen LogP contribution in [-0.2, 0) is 10.0 Å². The molecule has 1 aliphatic heterocycles. The third-order valence-corrected chi connectivity index (χ3v) is 6.76. The Morgan fingerprint density at radius 2 is 1.90 bits per heavy atom. The van der Waals surface area contributed by atoms with Crippen LogP contribution in [0, 0.1) is 12.8 Å². The van der Waals surface area contributed by atoms with E-state index in [1.807, 2.05) is 13.0 Å². The minimum atomic E-state index is -3.48. The second-order valence-corrected chi connectivity index (χ2v) is 8.52. The molecular formula is C13H18Br2N2O2S. The molecule has 2 rings (SSSR count). The third kappa shape index (κ3) is 4.04. The molecule has 1 fully saturated rings. The van der Waals surface area contributed by atoms with Crippen LogP contribution < -0.4 is 10.0 Å². The van der Waals surface area contributed by atoms with Gasteiger partial charge in [0.1, 0.15) is 0 Å². The summed E-state index contributed by atoms with van der Waals surface area (Å²) in [7, 11) is -3.48. The van der Waals surface area contributed by atoms with Gasteiger partial charge < -0.3 is 5.32 Å². The summed E-state index contributed by atoms with van der Waals surface area (Å²) in [5, 5.41) is 3.28. The van der Waals surface area contributed by atoms with Crippen LogP contribution >= 0.6 is 31.9 Å². The van der Waals surface area contributed by atoms with Gasteiger partial charge in [-0.05, 0) is 72.4 Å². The molecule has 0 radical (unpaired) electrons. The van der Waals surface area contributed by atoms with Crippen LogP contribution in [-0.4, -0.2) is 28.1 Å². The molecule has 1 heterocycles. The number of benzene rings is 1. The number of piperidine rings is 1. The monoisotopic (exact) mass is 424 g/mol. The highest BCUT2D eigenvalue weighted by atomic mass is 79.9. The Morgan fingerprint density at radius 1 is 1.25 bits per heavy atom. The molecule has 1 aromatic carbocycles. The Hall–Kier alpha value is 0.0500. The molecule has 112 valence electrons. The summed E-state index contributed by atoms with van der Waals surface area (Å²) in [4.78, 5) is 0.281. The molecule has 1 aliphatic rings. The molecule has 0 aromatic heterocycles. The molecule has 0 amide bonds. The summed E-state index contributed by atoms with van der Waals surface area (Å²) in [6.45, 7) is 4.36. The Morgan fingerprint density at radius 3 is 2.55 bits per heavy atom. The van der Waals surface area contributed by atoms with E-state index >= 15 is 0 Å². The first kappa shape index (κ1) is 16.4. The lowest BCUT2D eigenvalue weighted by Gasteiger charge is -2.22. The molecular weight excluding hydrogens is 408 g/mol. The first-order valence-corrected chi connectivity index (χ1v) is 9.63. The van der Waals surface area contributed by atoms with Crippen molar-refractivity contribution >= 4 is 41.9 Å². The van der Waals surface area contributed by atoms with Crippen molar-refractivity contribution in [2.75, 3.05) is 19.6 Å². The quantitative estimate of drug-likeness (QED) is 0.779. The van der Waals surface area contributed by atoms with E-state index in [9.17, 15) is 8.42 Å². The van der Waals surface area contributed by atoms with Crippen LogP contribution in [0.3, 0.4) is 0 Å². The maximum Gasteiger partial charge on any atom is 0.241 e. The highest BCUT2D eigenvalue weighted by Crippen LogP contribution is 2.28. The molecule has 0 unspecified atom stereocenters. The van der Waals surface area contributed by atoms with Crippen LogP contribution in [0.1, 0.15) is 18.4 Å². The van der Waals surface area contributed by atoms with Crippen molar-refractivity contribution < 1.29 is 8.42 Å². The fraction of sp³-hybridized carbons (Fsp3) is 0.538. The van der Waals surface area contributed by atoms with Crippen molar-refractivity contribution in [1.82, 2.24) is 10.0 Å². The molecule has 0 atom stereocenters. The number of aryl methyl sites for hydroxylation is 1. The van der Waals surface area contributed by atoms with Gasteiger partial charge in [-0.25, -0.2) is 13.1 Å². The topological polar surface area (TPSA) is 58.2 Å². The van der Waals surface area contributed by atoms with Crippen LogP contribution in [0.5, 0.6) is 0 Å².